The van der Waals surface area contributed by atoms with Crippen molar-refractivity contribution in [1.29, 1.82) is 0 Å². The summed E-state index contributed by atoms with van der Waals surface area (Å²) in [5.74, 6) is -0.634. The van der Waals surface area contributed by atoms with Crippen molar-refractivity contribution in [2.45, 2.75) is 65.1 Å². The van der Waals surface area contributed by atoms with Crippen LogP contribution < -0.4 is 0 Å². The zero-order valence-corrected chi connectivity index (χ0v) is 24.7. The topological polar surface area (TPSA) is 150 Å². The largest absolute Gasteiger partial charge is 0.469 e. The summed E-state index contributed by atoms with van der Waals surface area (Å²) in [5.41, 5.74) is 8.11. The van der Waals surface area contributed by atoms with Crippen LogP contribution in [0.4, 0.5) is 0 Å². The fourth-order valence-electron chi connectivity index (χ4n) is 5.56. The van der Waals surface area contributed by atoms with Crippen molar-refractivity contribution < 1.29 is 29.3 Å². The molecule has 2 atom stereocenters. The number of esters is 2. The Morgan fingerprint density at radius 2 is 1.55 bits per heavy atom. The van der Waals surface area contributed by atoms with Gasteiger partial charge >= 0.3 is 11.9 Å². The Bertz CT molecular complexity index is 1780. The quantitative estimate of drug-likeness (QED) is 0.306. The summed E-state index contributed by atoms with van der Waals surface area (Å²) in [5, 5.41) is 22.3. The first kappa shape index (κ1) is 29.2. The number of fused-ring (bicyclic) bond motifs is 8. The summed E-state index contributed by atoms with van der Waals surface area (Å²) < 4.78 is 9.78. The molecule has 4 N–H and O–H groups in total. The predicted molar refractivity (Wildman–Crippen MR) is 159 cm³/mol. The van der Waals surface area contributed by atoms with Gasteiger partial charge in [0, 0.05) is 34.9 Å². The number of methoxy groups -OCH3 is 2. The monoisotopic (exact) mass is 572 g/mol. The zero-order chi connectivity index (χ0) is 30.3. The molecule has 5 heterocycles. The molecule has 3 aromatic rings. The van der Waals surface area contributed by atoms with Crippen LogP contribution in [0.1, 0.15) is 78.7 Å². The number of aliphatic hydroxyl groups excluding tert-OH is 1. The summed E-state index contributed by atoms with van der Waals surface area (Å²) in [4.78, 5) is 40.6. The van der Waals surface area contributed by atoms with Gasteiger partial charge in [-0.3, -0.25) is 14.6 Å². The van der Waals surface area contributed by atoms with Crippen LogP contribution in [-0.4, -0.2) is 56.3 Å². The number of ether oxygens (including phenoxy) is 2. The molecule has 42 heavy (non-hydrogen) atoms. The van der Waals surface area contributed by atoms with E-state index in [-0.39, 0.29) is 24.8 Å². The number of carbonyl (C=O) groups excluding carboxylic acids is 2. The Balaban J connectivity index is 1.85. The van der Waals surface area contributed by atoms with E-state index in [0.29, 0.717) is 35.4 Å². The van der Waals surface area contributed by atoms with Gasteiger partial charge in [-0.2, -0.15) is 0 Å². The van der Waals surface area contributed by atoms with Gasteiger partial charge in [-0.15, -0.1) is 0 Å². The number of hydrogen-bond acceptors (Lipinski definition) is 8. The lowest BCUT2D eigenvalue weighted by Crippen LogP contribution is -2.25. The number of aliphatic hydroxyl groups is 2. The van der Waals surface area contributed by atoms with E-state index < -0.39 is 11.7 Å². The molecule has 0 saturated heterocycles. The van der Waals surface area contributed by atoms with Crippen molar-refractivity contribution in [3.8, 4) is 0 Å². The van der Waals surface area contributed by atoms with Crippen LogP contribution in [0.2, 0.25) is 0 Å². The van der Waals surface area contributed by atoms with Crippen molar-refractivity contribution in [2.75, 3.05) is 14.2 Å². The van der Waals surface area contributed by atoms with Crippen LogP contribution in [0.5, 0.6) is 0 Å². The van der Waals surface area contributed by atoms with Gasteiger partial charge in [-0.05, 0) is 98.7 Å². The second-order valence-corrected chi connectivity index (χ2v) is 11.1. The summed E-state index contributed by atoms with van der Waals surface area (Å²) in [6, 6.07) is 9.31. The normalized spacial score (nSPS) is 18.3. The van der Waals surface area contributed by atoms with Gasteiger partial charge in [0.1, 0.15) is 11.7 Å². The highest BCUT2D eigenvalue weighted by molar-refractivity contribution is 5.94. The van der Waals surface area contributed by atoms with Gasteiger partial charge in [0.25, 0.3) is 0 Å². The van der Waals surface area contributed by atoms with Crippen molar-refractivity contribution >= 4 is 45.2 Å². The molecule has 2 aliphatic heterocycles. The summed E-state index contributed by atoms with van der Waals surface area (Å²) in [6.45, 7) is 7.44. The third-order valence-electron chi connectivity index (χ3n) is 8.25. The van der Waals surface area contributed by atoms with E-state index in [2.05, 4.69) is 15.0 Å². The Labute approximate surface area is 243 Å². The van der Waals surface area contributed by atoms with E-state index in [4.69, 9.17) is 14.5 Å². The van der Waals surface area contributed by atoms with E-state index in [1.165, 1.54) is 14.2 Å². The molecule has 220 valence electrons. The standard InChI is InChI=1S/C32H36N4O6/c1-16-11-19-12-28-32(4,40)31(39)27(36-28)14-24-18(3)21(8-10-30(38)42-6)26(35-24)15-25-20(7-9-29(37)41-5)17(2)23(34-25)13-22(16)33-19/h11-15,31,33,35,39-40H,7-10H2,1-6H3. The minimum atomic E-state index is -1.60. The highest BCUT2D eigenvalue weighted by Gasteiger charge is 2.40. The fourth-order valence-corrected chi connectivity index (χ4v) is 5.56. The molecule has 0 fully saturated rings. The Morgan fingerprint density at radius 1 is 0.881 bits per heavy atom. The number of aromatic amines is 2. The van der Waals surface area contributed by atoms with Crippen molar-refractivity contribution in [3.63, 3.8) is 0 Å². The molecule has 2 unspecified atom stereocenters. The number of carbonyl (C=O) groups is 2. The van der Waals surface area contributed by atoms with E-state index in [1.807, 2.05) is 39.0 Å². The number of H-pyrrole nitrogens is 2. The highest BCUT2D eigenvalue weighted by atomic mass is 16.5. The van der Waals surface area contributed by atoms with E-state index in [9.17, 15) is 19.8 Å². The Hall–Kier alpha value is -4.28. The van der Waals surface area contributed by atoms with E-state index in [0.717, 1.165) is 50.1 Å². The highest BCUT2D eigenvalue weighted by Crippen LogP contribution is 2.39. The first-order valence-electron chi connectivity index (χ1n) is 13.9. The molecule has 2 aliphatic rings. The molecule has 8 bridgehead atoms. The molecule has 0 saturated carbocycles. The zero-order valence-electron chi connectivity index (χ0n) is 24.7. The molecule has 0 spiro atoms. The smallest absolute Gasteiger partial charge is 0.305 e. The lowest BCUT2D eigenvalue weighted by atomic mass is 9.96. The minimum absolute atomic E-state index is 0.177. The third-order valence-corrected chi connectivity index (χ3v) is 8.25. The van der Waals surface area contributed by atoms with E-state index in [1.54, 1.807) is 19.1 Å². The van der Waals surface area contributed by atoms with Crippen molar-refractivity contribution in [3.05, 3.63) is 69.8 Å². The average molecular weight is 573 g/mol. The molecule has 0 aromatic carbocycles. The molecular formula is C32H36N4O6. The molecule has 3 aromatic heterocycles. The van der Waals surface area contributed by atoms with Crippen LogP contribution in [0.3, 0.4) is 0 Å². The van der Waals surface area contributed by atoms with Gasteiger partial charge in [0.15, 0.2) is 0 Å². The number of aryl methyl sites for hydroxylation is 3. The first-order chi connectivity index (χ1) is 19.9. The van der Waals surface area contributed by atoms with E-state index >= 15 is 0 Å². The van der Waals surface area contributed by atoms with Gasteiger partial charge < -0.3 is 29.7 Å². The number of hydrogen-bond donors (Lipinski definition) is 4. The number of nitrogens with zero attached hydrogens (tertiary/aromatic N) is 2. The molecule has 0 radical (unpaired) electrons. The summed E-state index contributed by atoms with van der Waals surface area (Å²) in [7, 11) is 2.73. The third kappa shape index (κ3) is 5.35. The molecule has 0 aliphatic carbocycles. The minimum Gasteiger partial charge on any atom is -0.469 e. The second kappa shape index (κ2) is 11.2. The lowest BCUT2D eigenvalue weighted by molar-refractivity contribution is -0.141. The second-order valence-electron chi connectivity index (χ2n) is 11.1. The molecule has 10 nitrogen and oxygen atoms in total. The maximum atomic E-state index is 12.1. The van der Waals surface area contributed by atoms with Crippen LogP contribution in [-0.2, 0) is 31.1 Å². The van der Waals surface area contributed by atoms with Crippen LogP contribution >= 0.6 is 0 Å². The van der Waals surface area contributed by atoms with Gasteiger partial charge in [-0.1, -0.05) is 0 Å². The first-order valence-corrected chi connectivity index (χ1v) is 13.9. The SMILES string of the molecule is COC(=O)CCC1=C(C)c2cc3[nH]c(cc4nc(cc5[nH]c(cc1n2)c(CCC(=O)OC)c5C)C(O)C4(C)O)cc3C. The number of nitrogens with one attached hydrogen (secondary N) is 2. The van der Waals surface area contributed by atoms with Crippen molar-refractivity contribution in [2.24, 2.45) is 0 Å². The summed E-state index contributed by atoms with van der Waals surface area (Å²) >= 11 is 0. The fraction of sp³-hybridized carbons (Fsp3) is 0.375. The molecule has 5 rings (SSSR count). The Kier molecular flexibility index (Phi) is 7.78. The molecule has 10 heteroatoms. The molecular weight excluding hydrogens is 536 g/mol. The predicted octanol–water partition coefficient (Wildman–Crippen LogP) is 4.86. The molecule has 0 amide bonds. The number of aromatic nitrogens is 4. The van der Waals surface area contributed by atoms with Crippen LogP contribution in [0.15, 0.2) is 30.3 Å². The van der Waals surface area contributed by atoms with Crippen LogP contribution in [0.25, 0.3) is 33.2 Å². The number of allylic oxidation sites excluding steroid dienone is 2. The van der Waals surface area contributed by atoms with Gasteiger partial charge in [-0.25, -0.2) is 4.98 Å². The number of rotatable bonds is 6. The Morgan fingerprint density at radius 3 is 2.24 bits per heavy atom. The van der Waals surface area contributed by atoms with Gasteiger partial charge in [0.05, 0.1) is 37.0 Å². The summed E-state index contributed by atoms with van der Waals surface area (Å²) in [6.07, 6.45) is -0.0103. The van der Waals surface area contributed by atoms with Crippen LogP contribution in [0, 0.1) is 13.8 Å². The maximum absolute atomic E-state index is 12.1. The lowest BCUT2D eigenvalue weighted by Gasteiger charge is -2.20. The van der Waals surface area contributed by atoms with Crippen molar-refractivity contribution in [1.82, 2.24) is 19.9 Å². The maximum Gasteiger partial charge on any atom is 0.305 e. The van der Waals surface area contributed by atoms with Gasteiger partial charge in [0.2, 0.25) is 0 Å². The average Bonchev–Trinajstić information content (AvgIpc) is 3.61.